The predicted molar refractivity (Wildman–Crippen MR) is 84.5 cm³/mol. The van der Waals surface area contributed by atoms with Crippen molar-refractivity contribution in [2.45, 2.75) is 38.3 Å². The van der Waals surface area contributed by atoms with Gasteiger partial charge in [-0.3, -0.25) is 14.4 Å². The van der Waals surface area contributed by atoms with Crippen molar-refractivity contribution in [2.24, 2.45) is 0 Å². The molecular formula is C16H23N5O2. The van der Waals surface area contributed by atoms with Gasteiger partial charge in [-0.1, -0.05) is 0 Å². The lowest BCUT2D eigenvalue weighted by atomic mass is 10.2. The van der Waals surface area contributed by atoms with Crippen molar-refractivity contribution in [1.29, 1.82) is 0 Å². The van der Waals surface area contributed by atoms with Gasteiger partial charge in [-0.2, -0.15) is 5.10 Å². The number of aromatic nitrogens is 3. The van der Waals surface area contributed by atoms with E-state index in [0.717, 1.165) is 25.3 Å². The maximum absolute atomic E-state index is 12.1. The first-order valence-corrected chi connectivity index (χ1v) is 8.19. The molecule has 0 bridgehead atoms. The first-order chi connectivity index (χ1) is 11.3. The van der Waals surface area contributed by atoms with Crippen LogP contribution in [0.1, 0.15) is 37.5 Å². The van der Waals surface area contributed by atoms with Crippen LogP contribution in [0.4, 0.5) is 0 Å². The molecule has 7 heteroatoms. The maximum atomic E-state index is 12.1. The second-order valence-corrected chi connectivity index (χ2v) is 5.84. The minimum absolute atomic E-state index is 0.0702. The number of aryl methyl sites for hydroxylation is 1. The molecule has 0 saturated carbocycles. The Hall–Kier alpha value is -2.15. The van der Waals surface area contributed by atoms with Gasteiger partial charge in [0.2, 0.25) is 5.91 Å². The fourth-order valence-electron chi connectivity index (χ4n) is 2.99. The quantitative estimate of drug-likeness (QED) is 0.800. The van der Waals surface area contributed by atoms with E-state index in [-0.39, 0.29) is 11.9 Å². The first kappa shape index (κ1) is 15.7. The summed E-state index contributed by atoms with van der Waals surface area (Å²) in [6, 6.07) is 4.02. The van der Waals surface area contributed by atoms with E-state index < -0.39 is 0 Å². The van der Waals surface area contributed by atoms with E-state index >= 15 is 0 Å². The molecule has 0 spiro atoms. The Morgan fingerprint density at radius 3 is 2.96 bits per heavy atom. The summed E-state index contributed by atoms with van der Waals surface area (Å²) < 4.78 is 7.30. The smallest absolute Gasteiger partial charge is 0.220 e. The normalized spacial score (nSPS) is 16.5. The van der Waals surface area contributed by atoms with E-state index in [4.69, 9.17) is 4.42 Å². The van der Waals surface area contributed by atoms with Gasteiger partial charge in [0.1, 0.15) is 18.4 Å². The Morgan fingerprint density at radius 2 is 2.26 bits per heavy atom. The molecule has 2 aromatic heterocycles. The number of likely N-dealkylation sites (tertiary alicyclic amines) is 1. The lowest BCUT2D eigenvalue weighted by molar-refractivity contribution is -0.121. The molecule has 0 radical (unpaired) electrons. The largest absolute Gasteiger partial charge is 0.468 e. The molecule has 3 heterocycles. The van der Waals surface area contributed by atoms with Crippen molar-refractivity contribution < 1.29 is 9.21 Å². The van der Waals surface area contributed by atoms with Crippen LogP contribution >= 0.6 is 0 Å². The third-order valence-electron chi connectivity index (χ3n) is 4.20. The van der Waals surface area contributed by atoms with Crippen LogP contribution in [0, 0.1) is 0 Å². The molecule has 1 N–H and O–H groups in total. The van der Waals surface area contributed by atoms with E-state index in [1.165, 1.54) is 19.2 Å². The number of nitrogens with zero attached hydrogens (tertiary/aromatic N) is 4. The zero-order valence-corrected chi connectivity index (χ0v) is 13.2. The average Bonchev–Trinajstić information content (AvgIpc) is 3.31. The van der Waals surface area contributed by atoms with E-state index in [2.05, 4.69) is 20.3 Å². The summed E-state index contributed by atoms with van der Waals surface area (Å²) in [5.41, 5.74) is 0. The number of carbonyl (C=O) groups excluding carboxylic acids is 1. The van der Waals surface area contributed by atoms with Crippen LogP contribution < -0.4 is 5.32 Å². The fourth-order valence-corrected chi connectivity index (χ4v) is 2.99. The molecule has 1 aliphatic rings. The molecule has 2 aromatic rings. The summed E-state index contributed by atoms with van der Waals surface area (Å²) in [5.74, 6) is 0.996. The monoisotopic (exact) mass is 317 g/mol. The molecule has 0 aromatic carbocycles. The van der Waals surface area contributed by atoms with Gasteiger partial charge in [0.05, 0.1) is 12.3 Å². The standard InChI is InChI=1S/C16H23N5O2/c22-16(6-3-9-21-13-17-12-19-21)18-11-14(15-5-4-10-23-15)20-7-1-2-8-20/h4-5,10,12-14H,1-3,6-9,11H2,(H,18,22). The zero-order chi connectivity index (χ0) is 15.9. The van der Waals surface area contributed by atoms with E-state index in [1.54, 1.807) is 17.3 Å². The van der Waals surface area contributed by atoms with Crippen molar-refractivity contribution in [3.05, 3.63) is 36.8 Å². The minimum atomic E-state index is 0.0702. The number of amides is 1. The maximum Gasteiger partial charge on any atom is 0.220 e. The molecule has 3 rings (SSSR count). The molecule has 1 amide bonds. The van der Waals surface area contributed by atoms with Gasteiger partial charge in [0, 0.05) is 19.5 Å². The second-order valence-electron chi connectivity index (χ2n) is 5.84. The Bertz CT molecular complexity index is 576. The molecule has 1 unspecified atom stereocenters. The van der Waals surface area contributed by atoms with Crippen molar-refractivity contribution in [1.82, 2.24) is 25.0 Å². The lowest BCUT2D eigenvalue weighted by Gasteiger charge is -2.26. The molecule has 1 saturated heterocycles. The van der Waals surface area contributed by atoms with Crippen LogP contribution in [0.15, 0.2) is 35.5 Å². The Morgan fingerprint density at radius 1 is 1.39 bits per heavy atom. The molecule has 1 fully saturated rings. The molecule has 1 atom stereocenters. The highest BCUT2D eigenvalue weighted by atomic mass is 16.3. The summed E-state index contributed by atoms with van der Waals surface area (Å²) >= 11 is 0. The van der Waals surface area contributed by atoms with Gasteiger partial charge in [-0.15, -0.1) is 0 Å². The number of hydrogen-bond acceptors (Lipinski definition) is 5. The zero-order valence-electron chi connectivity index (χ0n) is 13.2. The fraction of sp³-hybridized carbons (Fsp3) is 0.562. The molecule has 7 nitrogen and oxygen atoms in total. The topological polar surface area (TPSA) is 76.2 Å². The number of hydrogen-bond donors (Lipinski definition) is 1. The van der Waals surface area contributed by atoms with E-state index in [9.17, 15) is 4.79 Å². The van der Waals surface area contributed by atoms with Crippen LogP contribution in [0.5, 0.6) is 0 Å². The molecule has 124 valence electrons. The molecule has 0 aliphatic carbocycles. The minimum Gasteiger partial charge on any atom is -0.468 e. The van der Waals surface area contributed by atoms with E-state index in [0.29, 0.717) is 19.5 Å². The third-order valence-corrected chi connectivity index (χ3v) is 4.20. The summed E-state index contributed by atoms with van der Waals surface area (Å²) in [6.07, 6.45) is 8.53. The average molecular weight is 317 g/mol. The Labute approximate surface area is 135 Å². The van der Waals surface area contributed by atoms with Crippen LogP contribution in [-0.4, -0.2) is 45.2 Å². The number of carbonyl (C=O) groups is 1. The molecule has 23 heavy (non-hydrogen) atoms. The highest BCUT2D eigenvalue weighted by Crippen LogP contribution is 2.24. The summed E-state index contributed by atoms with van der Waals surface area (Å²) in [7, 11) is 0. The molecular weight excluding hydrogens is 294 g/mol. The highest BCUT2D eigenvalue weighted by Gasteiger charge is 2.25. The summed E-state index contributed by atoms with van der Waals surface area (Å²) in [6.45, 7) is 3.43. The van der Waals surface area contributed by atoms with Crippen molar-refractivity contribution in [3.63, 3.8) is 0 Å². The van der Waals surface area contributed by atoms with Crippen LogP contribution in [0.3, 0.4) is 0 Å². The van der Waals surface area contributed by atoms with Gasteiger partial charge in [0.25, 0.3) is 0 Å². The lowest BCUT2D eigenvalue weighted by Crippen LogP contribution is -2.36. The van der Waals surface area contributed by atoms with Gasteiger partial charge in [-0.25, -0.2) is 4.98 Å². The number of furan rings is 1. The van der Waals surface area contributed by atoms with Crippen LogP contribution in [0.2, 0.25) is 0 Å². The number of rotatable bonds is 8. The third kappa shape index (κ3) is 4.41. The van der Waals surface area contributed by atoms with Gasteiger partial charge in [0.15, 0.2) is 0 Å². The predicted octanol–water partition coefficient (Wildman–Crippen LogP) is 1.60. The van der Waals surface area contributed by atoms with Crippen LogP contribution in [0.25, 0.3) is 0 Å². The van der Waals surface area contributed by atoms with Gasteiger partial charge >= 0.3 is 0 Å². The van der Waals surface area contributed by atoms with Crippen molar-refractivity contribution in [3.8, 4) is 0 Å². The second kappa shape index (κ2) is 7.92. The number of nitrogens with one attached hydrogen (secondary N) is 1. The van der Waals surface area contributed by atoms with Crippen LogP contribution in [-0.2, 0) is 11.3 Å². The first-order valence-electron chi connectivity index (χ1n) is 8.19. The molecule has 1 aliphatic heterocycles. The Kier molecular flexibility index (Phi) is 5.42. The summed E-state index contributed by atoms with van der Waals surface area (Å²) in [5, 5.41) is 7.07. The van der Waals surface area contributed by atoms with Gasteiger partial charge in [-0.05, 0) is 44.5 Å². The van der Waals surface area contributed by atoms with Gasteiger partial charge < -0.3 is 9.73 Å². The van der Waals surface area contributed by atoms with Crippen molar-refractivity contribution >= 4 is 5.91 Å². The van der Waals surface area contributed by atoms with Crippen molar-refractivity contribution in [2.75, 3.05) is 19.6 Å². The van der Waals surface area contributed by atoms with E-state index in [1.807, 2.05) is 12.1 Å². The summed E-state index contributed by atoms with van der Waals surface area (Å²) in [4.78, 5) is 18.3. The highest BCUT2D eigenvalue weighted by molar-refractivity contribution is 5.75. The SMILES string of the molecule is O=C(CCCn1cncn1)NCC(c1ccco1)N1CCCC1. The Balaban J connectivity index is 1.45.